The molecule has 0 unspecified atom stereocenters. The van der Waals surface area contributed by atoms with E-state index in [1.807, 2.05) is 6.92 Å². The van der Waals surface area contributed by atoms with Crippen LogP contribution in [0.5, 0.6) is 5.88 Å². The highest BCUT2D eigenvalue weighted by atomic mass is 19.1. The molecule has 11 heteroatoms. The molecule has 2 heterocycles. The quantitative estimate of drug-likeness (QED) is 0.573. The number of hydrogen-bond acceptors (Lipinski definition) is 6. The molecule has 0 aliphatic carbocycles. The summed E-state index contributed by atoms with van der Waals surface area (Å²) in [5, 5.41) is 12.1. The molecule has 0 bridgehead atoms. The van der Waals surface area contributed by atoms with Crippen molar-refractivity contribution >= 4 is 17.6 Å². The number of rotatable bonds is 6. The van der Waals surface area contributed by atoms with Crippen molar-refractivity contribution in [3.05, 3.63) is 53.2 Å². The minimum absolute atomic E-state index is 0.0516. The Hall–Kier alpha value is -3.75. The number of halogens is 2. The number of amides is 3. The van der Waals surface area contributed by atoms with Crippen molar-refractivity contribution in [3.8, 4) is 17.7 Å². The zero-order valence-corrected chi connectivity index (χ0v) is 21.1. The third-order valence-corrected chi connectivity index (χ3v) is 5.94. The van der Waals surface area contributed by atoms with Crippen molar-refractivity contribution in [2.45, 2.75) is 26.0 Å². The van der Waals surface area contributed by atoms with Gasteiger partial charge in [0, 0.05) is 44.4 Å². The Kier molecular flexibility index (Phi) is 9.38. The molecular formula is C26H30F2N4O5. The van der Waals surface area contributed by atoms with Gasteiger partial charge in [0.2, 0.25) is 5.88 Å². The predicted molar refractivity (Wildman–Crippen MR) is 132 cm³/mol. The highest BCUT2D eigenvalue weighted by molar-refractivity contribution is 5.97. The van der Waals surface area contributed by atoms with E-state index in [1.165, 1.54) is 30.2 Å². The number of ether oxygens (including phenoxy) is 2. The second-order valence-corrected chi connectivity index (χ2v) is 8.87. The maximum Gasteiger partial charge on any atom is 0.321 e. The third-order valence-electron chi connectivity index (χ3n) is 5.94. The summed E-state index contributed by atoms with van der Waals surface area (Å²) in [6.07, 6.45) is 0.854. The fraction of sp³-hybridized carbons (Fsp3) is 0.423. The molecule has 0 saturated carbocycles. The molecule has 1 aromatic carbocycles. The summed E-state index contributed by atoms with van der Waals surface area (Å²) in [6.45, 7) is 3.83. The molecule has 2 N–H and O–H groups in total. The summed E-state index contributed by atoms with van der Waals surface area (Å²) in [7, 11) is 3.01. The fourth-order valence-corrected chi connectivity index (χ4v) is 3.76. The largest absolute Gasteiger partial charge is 0.472 e. The lowest BCUT2D eigenvalue weighted by Gasteiger charge is -2.37. The lowest BCUT2D eigenvalue weighted by molar-refractivity contribution is 0.0356. The lowest BCUT2D eigenvalue weighted by Crippen LogP contribution is -2.50. The van der Waals surface area contributed by atoms with E-state index >= 15 is 0 Å². The molecule has 1 aliphatic rings. The first-order chi connectivity index (χ1) is 17.6. The van der Waals surface area contributed by atoms with Crippen LogP contribution in [0.2, 0.25) is 0 Å². The number of urea groups is 1. The number of carbonyl (C=O) groups excluding carboxylic acids is 2. The third kappa shape index (κ3) is 6.93. The minimum atomic E-state index is -0.770. The number of nitrogens with zero attached hydrogens (tertiary/aromatic N) is 3. The molecule has 0 spiro atoms. The number of hydrogen-bond donors (Lipinski definition) is 2. The van der Waals surface area contributed by atoms with Crippen molar-refractivity contribution in [1.82, 2.24) is 14.8 Å². The van der Waals surface area contributed by atoms with Gasteiger partial charge in [-0.1, -0.05) is 18.8 Å². The van der Waals surface area contributed by atoms with E-state index in [1.54, 1.807) is 13.0 Å². The molecule has 1 aromatic heterocycles. The van der Waals surface area contributed by atoms with Gasteiger partial charge >= 0.3 is 6.03 Å². The molecular weight excluding hydrogens is 486 g/mol. The van der Waals surface area contributed by atoms with Gasteiger partial charge in [0.05, 0.1) is 24.9 Å². The number of anilines is 1. The number of aliphatic hydroxyl groups is 1. The van der Waals surface area contributed by atoms with Crippen LogP contribution in [0.1, 0.15) is 29.8 Å². The molecule has 1 aliphatic heterocycles. The smallest absolute Gasteiger partial charge is 0.321 e. The zero-order valence-electron chi connectivity index (χ0n) is 21.1. The van der Waals surface area contributed by atoms with Gasteiger partial charge in [-0.2, -0.15) is 0 Å². The summed E-state index contributed by atoms with van der Waals surface area (Å²) >= 11 is 0. The van der Waals surface area contributed by atoms with Gasteiger partial charge in [-0.05, 0) is 25.1 Å². The summed E-state index contributed by atoms with van der Waals surface area (Å²) < 4.78 is 38.5. The molecule has 0 saturated heterocycles. The number of pyridine rings is 1. The van der Waals surface area contributed by atoms with Crippen LogP contribution < -0.4 is 10.1 Å². The van der Waals surface area contributed by atoms with Gasteiger partial charge in [-0.25, -0.2) is 18.6 Å². The lowest BCUT2D eigenvalue weighted by atomic mass is 10.00. The average molecular weight is 517 g/mol. The first-order valence-electron chi connectivity index (χ1n) is 11.7. The van der Waals surface area contributed by atoms with E-state index in [0.717, 1.165) is 18.2 Å². The molecule has 37 heavy (non-hydrogen) atoms. The van der Waals surface area contributed by atoms with Crippen LogP contribution >= 0.6 is 0 Å². The minimum Gasteiger partial charge on any atom is -0.472 e. The van der Waals surface area contributed by atoms with Crippen LogP contribution in [0.15, 0.2) is 30.5 Å². The van der Waals surface area contributed by atoms with E-state index in [2.05, 4.69) is 22.1 Å². The van der Waals surface area contributed by atoms with Gasteiger partial charge in [0.15, 0.2) is 0 Å². The van der Waals surface area contributed by atoms with E-state index in [4.69, 9.17) is 9.47 Å². The maximum atomic E-state index is 14.0. The van der Waals surface area contributed by atoms with Crippen molar-refractivity contribution in [3.63, 3.8) is 0 Å². The Morgan fingerprint density at radius 2 is 2.16 bits per heavy atom. The van der Waals surface area contributed by atoms with Crippen molar-refractivity contribution in [2.24, 2.45) is 5.92 Å². The van der Waals surface area contributed by atoms with Gasteiger partial charge in [-0.15, -0.1) is 0 Å². The Morgan fingerprint density at radius 3 is 2.86 bits per heavy atom. The Bertz CT molecular complexity index is 1200. The second kappa shape index (κ2) is 12.5. The molecule has 0 radical (unpaired) electrons. The van der Waals surface area contributed by atoms with Crippen LogP contribution in [0.25, 0.3) is 0 Å². The van der Waals surface area contributed by atoms with Crippen LogP contribution in [0.4, 0.5) is 19.3 Å². The van der Waals surface area contributed by atoms with E-state index in [9.17, 15) is 23.5 Å². The Morgan fingerprint density at radius 1 is 1.41 bits per heavy atom. The second-order valence-electron chi connectivity index (χ2n) is 8.87. The number of fused-ring (bicyclic) bond motifs is 1. The molecule has 198 valence electrons. The van der Waals surface area contributed by atoms with Crippen molar-refractivity contribution in [2.75, 3.05) is 45.8 Å². The molecule has 2 aromatic rings. The van der Waals surface area contributed by atoms with Crippen LogP contribution in [0, 0.1) is 29.4 Å². The van der Waals surface area contributed by atoms with E-state index < -0.39 is 29.8 Å². The van der Waals surface area contributed by atoms with Gasteiger partial charge in [0.1, 0.15) is 29.9 Å². The SMILES string of the molecule is COCC#Cc1cnc2c(c1)C(=O)N([C@@H](C)CO)C[C@H](C)[C@H](CN(C)C(=O)Nc1cc(F)ccc1F)O2. The molecule has 9 nitrogen and oxygen atoms in total. The number of benzene rings is 1. The van der Waals surface area contributed by atoms with Crippen LogP contribution in [-0.4, -0.2) is 84.4 Å². The number of methoxy groups -OCH3 is 1. The topological polar surface area (TPSA) is 104 Å². The predicted octanol–water partition coefficient (Wildman–Crippen LogP) is 2.74. The molecule has 3 atom stereocenters. The van der Waals surface area contributed by atoms with Crippen LogP contribution in [0.3, 0.4) is 0 Å². The van der Waals surface area contributed by atoms with Gasteiger partial charge in [-0.3, -0.25) is 4.79 Å². The molecule has 3 amide bonds. The molecule has 0 fully saturated rings. The number of carbonyl (C=O) groups is 2. The maximum absolute atomic E-state index is 14.0. The van der Waals surface area contributed by atoms with Crippen LogP contribution in [-0.2, 0) is 4.74 Å². The fourth-order valence-electron chi connectivity index (χ4n) is 3.76. The van der Waals surface area contributed by atoms with Crippen molar-refractivity contribution < 1.29 is 33.0 Å². The number of likely N-dealkylation sites (N-methyl/N-ethyl adjacent to an activating group) is 1. The first kappa shape index (κ1) is 27.8. The summed E-state index contributed by atoms with van der Waals surface area (Å²) in [6, 6.07) is 3.19. The van der Waals surface area contributed by atoms with E-state index in [-0.39, 0.29) is 55.3 Å². The highest BCUT2D eigenvalue weighted by Gasteiger charge is 2.34. The summed E-state index contributed by atoms with van der Waals surface area (Å²) in [5.41, 5.74) is 0.379. The zero-order chi connectivity index (χ0) is 27.1. The number of aliphatic hydroxyl groups excluding tert-OH is 1. The standard InChI is InChI=1S/C26H30F2N4O5/c1-16-13-32(17(2)15-33)25(34)20-10-18(6-5-9-36-4)12-29-24(20)37-23(16)14-31(3)26(35)30-22-11-19(27)7-8-21(22)28/h7-8,10-12,16-17,23,33H,9,13-15H2,1-4H3,(H,30,35)/t16-,17-,23-/m0/s1. The summed E-state index contributed by atoms with van der Waals surface area (Å²) in [4.78, 5) is 33.3. The monoisotopic (exact) mass is 516 g/mol. The summed E-state index contributed by atoms with van der Waals surface area (Å²) in [5.74, 6) is 3.65. The average Bonchev–Trinajstić information content (AvgIpc) is 2.88. The van der Waals surface area contributed by atoms with Crippen molar-refractivity contribution in [1.29, 1.82) is 0 Å². The first-order valence-corrected chi connectivity index (χ1v) is 11.7. The molecule has 3 rings (SSSR count). The number of nitrogens with one attached hydrogen (secondary N) is 1. The highest BCUT2D eigenvalue weighted by Crippen LogP contribution is 2.27. The number of aromatic nitrogens is 1. The Balaban J connectivity index is 1.88. The van der Waals surface area contributed by atoms with Gasteiger partial charge < -0.3 is 29.7 Å². The Labute approximate surface area is 214 Å². The van der Waals surface area contributed by atoms with E-state index in [0.29, 0.717) is 5.56 Å². The van der Waals surface area contributed by atoms with Gasteiger partial charge in [0.25, 0.3) is 5.91 Å². The normalized spacial score (nSPS) is 17.9.